The Morgan fingerprint density at radius 2 is 1.45 bits per heavy atom. The van der Waals surface area contributed by atoms with Crippen molar-refractivity contribution in [1.29, 1.82) is 0 Å². The Morgan fingerprint density at radius 3 is 2.05 bits per heavy atom. The predicted octanol–water partition coefficient (Wildman–Crippen LogP) is 4.34. The Morgan fingerprint density at radius 1 is 0.850 bits per heavy atom. The number of ether oxygens (including phenoxy) is 1. The zero-order valence-corrected chi connectivity index (χ0v) is 12.7. The van der Waals surface area contributed by atoms with Crippen molar-refractivity contribution in [3.63, 3.8) is 0 Å². The second-order valence-electron chi connectivity index (χ2n) is 6.37. The Kier molecular flexibility index (Phi) is 4.30. The first-order chi connectivity index (χ1) is 9.85. The van der Waals surface area contributed by atoms with Crippen molar-refractivity contribution >= 4 is 0 Å². The molecule has 2 aliphatic rings. The SMILES string of the molecule is COc1ccc(C2(N3CCCCC3)CCCCC2)cc1. The Bertz CT molecular complexity index is 414. The van der Waals surface area contributed by atoms with Crippen LogP contribution in [0.25, 0.3) is 0 Å². The van der Waals surface area contributed by atoms with Crippen LogP contribution in [0.3, 0.4) is 0 Å². The molecule has 1 saturated heterocycles. The van der Waals surface area contributed by atoms with Gasteiger partial charge < -0.3 is 4.74 Å². The minimum absolute atomic E-state index is 0.310. The standard InChI is InChI=1S/C18H27NO/c1-20-17-10-8-16(9-11-17)18(12-4-2-5-13-18)19-14-6-3-7-15-19/h8-11H,2-7,12-15H2,1H3. The van der Waals surface area contributed by atoms with E-state index in [0.29, 0.717) is 5.54 Å². The summed E-state index contributed by atoms with van der Waals surface area (Å²) in [4.78, 5) is 2.79. The molecule has 1 aromatic carbocycles. The van der Waals surface area contributed by atoms with Gasteiger partial charge in [-0.1, -0.05) is 37.8 Å². The highest BCUT2D eigenvalue weighted by molar-refractivity contribution is 5.32. The molecule has 2 nitrogen and oxygen atoms in total. The van der Waals surface area contributed by atoms with Crippen LogP contribution < -0.4 is 4.74 Å². The number of nitrogens with zero attached hydrogens (tertiary/aromatic N) is 1. The van der Waals surface area contributed by atoms with Crippen molar-refractivity contribution in [2.45, 2.75) is 56.9 Å². The topological polar surface area (TPSA) is 12.5 Å². The lowest BCUT2D eigenvalue weighted by atomic mass is 9.74. The lowest BCUT2D eigenvalue weighted by Gasteiger charge is -2.48. The lowest BCUT2D eigenvalue weighted by molar-refractivity contribution is 0.0303. The summed E-state index contributed by atoms with van der Waals surface area (Å²) in [6, 6.07) is 8.88. The molecule has 1 aromatic rings. The van der Waals surface area contributed by atoms with E-state index < -0.39 is 0 Å². The number of likely N-dealkylation sites (tertiary alicyclic amines) is 1. The second-order valence-corrected chi connectivity index (χ2v) is 6.37. The van der Waals surface area contributed by atoms with E-state index in [2.05, 4.69) is 29.2 Å². The quantitative estimate of drug-likeness (QED) is 0.812. The highest BCUT2D eigenvalue weighted by Gasteiger charge is 2.39. The molecule has 1 aliphatic heterocycles. The van der Waals surface area contributed by atoms with Crippen LogP contribution in [0.15, 0.2) is 24.3 Å². The van der Waals surface area contributed by atoms with E-state index in [1.807, 2.05) is 0 Å². The van der Waals surface area contributed by atoms with Crippen molar-refractivity contribution in [3.05, 3.63) is 29.8 Å². The van der Waals surface area contributed by atoms with E-state index >= 15 is 0 Å². The van der Waals surface area contributed by atoms with Crippen molar-refractivity contribution < 1.29 is 4.74 Å². The van der Waals surface area contributed by atoms with Crippen molar-refractivity contribution in [1.82, 2.24) is 4.90 Å². The molecule has 110 valence electrons. The van der Waals surface area contributed by atoms with Gasteiger partial charge in [0.25, 0.3) is 0 Å². The molecule has 3 rings (SSSR count). The molecule has 0 atom stereocenters. The van der Waals surface area contributed by atoms with Gasteiger partial charge in [-0.3, -0.25) is 4.90 Å². The molecule has 1 heterocycles. The second kappa shape index (κ2) is 6.17. The lowest BCUT2D eigenvalue weighted by Crippen LogP contribution is -2.49. The van der Waals surface area contributed by atoms with Gasteiger partial charge in [0, 0.05) is 5.54 Å². The van der Waals surface area contributed by atoms with Crippen LogP contribution in [0, 0.1) is 0 Å². The molecule has 2 fully saturated rings. The summed E-state index contributed by atoms with van der Waals surface area (Å²) >= 11 is 0. The van der Waals surface area contributed by atoms with E-state index in [4.69, 9.17) is 4.74 Å². The van der Waals surface area contributed by atoms with E-state index in [1.165, 1.54) is 70.0 Å². The highest BCUT2D eigenvalue weighted by atomic mass is 16.5. The Balaban J connectivity index is 1.90. The fraction of sp³-hybridized carbons (Fsp3) is 0.667. The van der Waals surface area contributed by atoms with Crippen LogP contribution in [-0.4, -0.2) is 25.1 Å². The van der Waals surface area contributed by atoms with Crippen molar-refractivity contribution in [3.8, 4) is 5.75 Å². The molecule has 0 amide bonds. The number of methoxy groups -OCH3 is 1. The summed E-state index contributed by atoms with van der Waals surface area (Å²) in [5.41, 5.74) is 1.82. The molecule has 0 bridgehead atoms. The van der Waals surface area contributed by atoms with Crippen molar-refractivity contribution in [2.24, 2.45) is 0 Å². The summed E-state index contributed by atoms with van der Waals surface area (Å²) < 4.78 is 5.32. The van der Waals surface area contributed by atoms with Crippen LogP contribution in [0.4, 0.5) is 0 Å². The molecule has 1 saturated carbocycles. The maximum Gasteiger partial charge on any atom is 0.118 e. The molecule has 0 spiro atoms. The normalized spacial score (nSPS) is 23.4. The summed E-state index contributed by atoms with van der Waals surface area (Å²) in [6.07, 6.45) is 11.0. The number of hydrogen-bond donors (Lipinski definition) is 0. The number of piperidine rings is 1. The third kappa shape index (κ3) is 2.58. The molecular weight excluding hydrogens is 246 g/mol. The molecule has 0 aromatic heterocycles. The van der Waals surface area contributed by atoms with E-state index in [1.54, 1.807) is 7.11 Å². The Labute approximate surface area is 123 Å². The van der Waals surface area contributed by atoms with Gasteiger partial charge in [-0.2, -0.15) is 0 Å². The Hall–Kier alpha value is -1.02. The van der Waals surface area contributed by atoms with E-state index in [0.717, 1.165) is 5.75 Å². The molecule has 0 unspecified atom stereocenters. The van der Waals surface area contributed by atoms with Gasteiger partial charge in [0.2, 0.25) is 0 Å². The summed E-state index contributed by atoms with van der Waals surface area (Å²) in [7, 11) is 1.75. The molecule has 0 radical (unpaired) electrons. The smallest absolute Gasteiger partial charge is 0.118 e. The van der Waals surface area contributed by atoms with Gasteiger partial charge in [0.15, 0.2) is 0 Å². The summed E-state index contributed by atoms with van der Waals surface area (Å²) in [5, 5.41) is 0. The maximum atomic E-state index is 5.32. The average molecular weight is 273 g/mol. The summed E-state index contributed by atoms with van der Waals surface area (Å²) in [5.74, 6) is 0.971. The monoisotopic (exact) mass is 273 g/mol. The first-order valence-corrected chi connectivity index (χ1v) is 8.25. The van der Waals surface area contributed by atoms with Gasteiger partial charge in [0.05, 0.1) is 7.11 Å². The van der Waals surface area contributed by atoms with Gasteiger partial charge in [-0.15, -0.1) is 0 Å². The third-order valence-electron chi connectivity index (χ3n) is 5.27. The molecule has 20 heavy (non-hydrogen) atoms. The highest BCUT2D eigenvalue weighted by Crippen LogP contribution is 2.43. The van der Waals surface area contributed by atoms with Gasteiger partial charge >= 0.3 is 0 Å². The maximum absolute atomic E-state index is 5.32. The van der Waals surface area contributed by atoms with Crippen molar-refractivity contribution in [2.75, 3.05) is 20.2 Å². The molecule has 2 heteroatoms. The first-order valence-electron chi connectivity index (χ1n) is 8.25. The number of hydrogen-bond acceptors (Lipinski definition) is 2. The van der Waals surface area contributed by atoms with Gasteiger partial charge in [-0.25, -0.2) is 0 Å². The van der Waals surface area contributed by atoms with Crippen LogP contribution in [0.1, 0.15) is 56.9 Å². The van der Waals surface area contributed by atoms with E-state index in [9.17, 15) is 0 Å². The number of rotatable bonds is 3. The third-order valence-corrected chi connectivity index (χ3v) is 5.27. The van der Waals surface area contributed by atoms with Gasteiger partial charge in [-0.05, 0) is 56.5 Å². The van der Waals surface area contributed by atoms with Crippen LogP contribution in [0.5, 0.6) is 5.75 Å². The molecular formula is C18H27NO. The minimum Gasteiger partial charge on any atom is -0.497 e. The molecule has 1 aliphatic carbocycles. The van der Waals surface area contributed by atoms with Gasteiger partial charge in [0.1, 0.15) is 5.75 Å². The fourth-order valence-corrected chi connectivity index (χ4v) is 4.15. The van der Waals surface area contributed by atoms with Crippen LogP contribution in [0.2, 0.25) is 0 Å². The zero-order valence-electron chi connectivity index (χ0n) is 12.7. The largest absolute Gasteiger partial charge is 0.497 e. The molecule has 0 N–H and O–H groups in total. The average Bonchev–Trinajstić information content (AvgIpc) is 2.56. The number of benzene rings is 1. The summed E-state index contributed by atoms with van der Waals surface area (Å²) in [6.45, 7) is 2.57. The minimum atomic E-state index is 0.310. The first kappa shape index (κ1) is 13.9. The fourth-order valence-electron chi connectivity index (χ4n) is 4.15. The van der Waals surface area contributed by atoms with E-state index in [-0.39, 0.29) is 0 Å². The predicted molar refractivity (Wildman–Crippen MR) is 83.2 cm³/mol. The van der Waals surface area contributed by atoms with Crippen LogP contribution >= 0.6 is 0 Å². The zero-order chi connectivity index (χ0) is 13.8. The van der Waals surface area contributed by atoms with Crippen LogP contribution in [-0.2, 0) is 5.54 Å².